The maximum absolute atomic E-state index is 12.0. The molecular weight excluding hydrogens is 307 g/mol. The minimum atomic E-state index is -0.640. The van der Waals surface area contributed by atoms with Gasteiger partial charge in [0.25, 0.3) is 5.56 Å². The number of hydrogen-bond acceptors (Lipinski definition) is 4. The van der Waals surface area contributed by atoms with Crippen molar-refractivity contribution in [2.75, 3.05) is 18.6 Å². The summed E-state index contributed by atoms with van der Waals surface area (Å²) in [4.78, 5) is 38.3. The zero-order valence-electron chi connectivity index (χ0n) is 12.0. The normalized spacial score (nSPS) is 10.1. The number of anilines is 1. The standard InChI is InChI=1S/C14H15FN4O4/c15-5-6-23-11-3-1-9(2-4-11)17-13(21)16-8-10-7-12(20)19-14(22)18-10/h1-4,7H,5-6,8H2,(H2,16,17,21)(H2,18,19,20,22). The average Bonchev–Trinajstić information content (AvgIpc) is 2.51. The van der Waals surface area contributed by atoms with Crippen LogP contribution in [0.25, 0.3) is 0 Å². The van der Waals surface area contributed by atoms with Crippen molar-refractivity contribution in [2.45, 2.75) is 6.54 Å². The Balaban J connectivity index is 1.86. The number of alkyl halides is 1. The summed E-state index contributed by atoms with van der Waals surface area (Å²) >= 11 is 0. The van der Waals surface area contributed by atoms with E-state index in [2.05, 4.69) is 15.6 Å². The van der Waals surface area contributed by atoms with Crippen molar-refractivity contribution < 1.29 is 13.9 Å². The molecule has 0 aliphatic heterocycles. The number of H-pyrrole nitrogens is 2. The summed E-state index contributed by atoms with van der Waals surface area (Å²) in [5, 5.41) is 5.06. The molecule has 2 amide bonds. The molecule has 2 aromatic rings. The highest BCUT2D eigenvalue weighted by atomic mass is 19.1. The topological polar surface area (TPSA) is 116 Å². The third-order valence-electron chi connectivity index (χ3n) is 2.71. The van der Waals surface area contributed by atoms with Gasteiger partial charge < -0.3 is 20.4 Å². The van der Waals surface area contributed by atoms with E-state index in [-0.39, 0.29) is 18.8 Å². The number of amides is 2. The molecule has 0 bridgehead atoms. The smallest absolute Gasteiger partial charge is 0.325 e. The van der Waals surface area contributed by atoms with Crippen LogP contribution in [-0.4, -0.2) is 29.3 Å². The number of urea groups is 1. The summed E-state index contributed by atoms with van der Waals surface area (Å²) in [6.45, 7) is -0.614. The fraction of sp³-hybridized carbons (Fsp3) is 0.214. The number of aromatic nitrogens is 2. The van der Waals surface area contributed by atoms with E-state index in [1.54, 1.807) is 24.3 Å². The van der Waals surface area contributed by atoms with Gasteiger partial charge >= 0.3 is 11.7 Å². The summed E-state index contributed by atoms with van der Waals surface area (Å²) < 4.78 is 17.0. The van der Waals surface area contributed by atoms with E-state index in [1.165, 1.54) is 6.07 Å². The lowest BCUT2D eigenvalue weighted by Gasteiger charge is -2.08. The maximum atomic E-state index is 12.0. The zero-order valence-corrected chi connectivity index (χ0v) is 12.0. The molecule has 0 atom stereocenters. The lowest BCUT2D eigenvalue weighted by molar-refractivity contribution is 0.251. The van der Waals surface area contributed by atoms with Gasteiger partial charge in [0.05, 0.1) is 6.54 Å². The van der Waals surface area contributed by atoms with Gasteiger partial charge in [-0.15, -0.1) is 0 Å². The fourth-order valence-electron chi connectivity index (χ4n) is 1.76. The number of halogens is 1. The lowest BCUT2D eigenvalue weighted by Crippen LogP contribution is -2.31. The third-order valence-corrected chi connectivity index (χ3v) is 2.71. The Morgan fingerprint density at radius 3 is 2.57 bits per heavy atom. The molecule has 2 rings (SSSR count). The van der Waals surface area contributed by atoms with Gasteiger partial charge in [-0.3, -0.25) is 9.78 Å². The first kappa shape index (κ1) is 16.3. The van der Waals surface area contributed by atoms with E-state index in [0.29, 0.717) is 11.4 Å². The first-order valence-electron chi connectivity index (χ1n) is 6.73. The molecule has 4 N–H and O–H groups in total. The van der Waals surface area contributed by atoms with Crippen LogP contribution in [0.3, 0.4) is 0 Å². The van der Waals surface area contributed by atoms with Gasteiger partial charge in [0.15, 0.2) is 0 Å². The highest BCUT2D eigenvalue weighted by molar-refractivity contribution is 5.89. The van der Waals surface area contributed by atoms with E-state index < -0.39 is 24.0 Å². The minimum absolute atomic E-state index is 0.0112. The molecule has 1 heterocycles. The average molecular weight is 322 g/mol. The van der Waals surface area contributed by atoms with Gasteiger partial charge in [-0.1, -0.05) is 0 Å². The van der Waals surface area contributed by atoms with Crippen molar-refractivity contribution in [3.8, 4) is 5.75 Å². The van der Waals surface area contributed by atoms with Crippen molar-refractivity contribution in [1.29, 1.82) is 0 Å². The molecular formula is C14H15FN4O4. The molecule has 0 unspecified atom stereocenters. The molecule has 0 aliphatic carbocycles. The van der Waals surface area contributed by atoms with E-state index in [9.17, 15) is 18.8 Å². The third kappa shape index (κ3) is 5.30. The Morgan fingerprint density at radius 2 is 1.91 bits per heavy atom. The predicted molar refractivity (Wildman–Crippen MR) is 81.5 cm³/mol. The second-order valence-electron chi connectivity index (χ2n) is 4.48. The first-order chi connectivity index (χ1) is 11.1. The number of rotatable bonds is 6. The van der Waals surface area contributed by atoms with Crippen molar-refractivity contribution in [3.63, 3.8) is 0 Å². The van der Waals surface area contributed by atoms with Crippen molar-refractivity contribution >= 4 is 11.7 Å². The Kier molecular flexibility index (Phi) is 5.50. The molecule has 1 aromatic carbocycles. The Bertz CT molecular complexity index is 741. The number of benzene rings is 1. The van der Waals surface area contributed by atoms with E-state index in [1.807, 2.05) is 4.98 Å². The van der Waals surface area contributed by atoms with Crippen LogP contribution in [0.1, 0.15) is 5.69 Å². The van der Waals surface area contributed by atoms with Crippen molar-refractivity contribution in [3.05, 3.63) is 56.9 Å². The van der Waals surface area contributed by atoms with Gasteiger partial charge in [-0.2, -0.15) is 0 Å². The summed E-state index contributed by atoms with van der Waals surface area (Å²) in [6.07, 6.45) is 0. The predicted octanol–water partition coefficient (Wildman–Crippen LogP) is 0.733. The molecule has 0 spiro atoms. The molecule has 122 valence electrons. The lowest BCUT2D eigenvalue weighted by atomic mass is 10.3. The van der Waals surface area contributed by atoms with Crippen LogP contribution < -0.4 is 26.6 Å². The van der Waals surface area contributed by atoms with Gasteiger partial charge in [0, 0.05) is 17.4 Å². The summed E-state index contributed by atoms with van der Waals surface area (Å²) in [5.41, 5.74) is -0.397. The monoisotopic (exact) mass is 322 g/mol. The first-order valence-corrected chi connectivity index (χ1v) is 6.73. The van der Waals surface area contributed by atoms with E-state index >= 15 is 0 Å². The largest absolute Gasteiger partial charge is 0.491 e. The maximum Gasteiger partial charge on any atom is 0.325 e. The van der Waals surface area contributed by atoms with Crippen LogP contribution in [0.2, 0.25) is 0 Å². The van der Waals surface area contributed by atoms with Crippen LogP contribution in [0.5, 0.6) is 5.75 Å². The van der Waals surface area contributed by atoms with Gasteiger partial charge in [0.1, 0.15) is 19.0 Å². The molecule has 0 fully saturated rings. The molecule has 0 radical (unpaired) electrons. The molecule has 0 aliphatic rings. The highest BCUT2D eigenvalue weighted by Crippen LogP contribution is 2.15. The van der Waals surface area contributed by atoms with Crippen LogP contribution in [0.4, 0.5) is 14.9 Å². The Morgan fingerprint density at radius 1 is 1.17 bits per heavy atom. The van der Waals surface area contributed by atoms with Crippen LogP contribution >= 0.6 is 0 Å². The zero-order chi connectivity index (χ0) is 16.7. The molecule has 8 nitrogen and oxygen atoms in total. The summed E-state index contributed by atoms with van der Waals surface area (Å²) in [6, 6.07) is 7.06. The molecule has 9 heteroatoms. The minimum Gasteiger partial charge on any atom is -0.491 e. The number of carbonyl (C=O) groups excluding carboxylic acids is 1. The summed E-state index contributed by atoms with van der Waals surface area (Å²) in [7, 11) is 0. The van der Waals surface area contributed by atoms with Crippen LogP contribution in [0, 0.1) is 0 Å². The molecule has 0 saturated carbocycles. The second-order valence-corrected chi connectivity index (χ2v) is 4.48. The Hall–Kier alpha value is -3.10. The van der Waals surface area contributed by atoms with E-state index in [4.69, 9.17) is 4.74 Å². The van der Waals surface area contributed by atoms with Gasteiger partial charge in [0.2, 0.25) is 0 Å². The van der Waals surface area contributed by atoms with Crippen molar-refractivity contribution in [1.82, 2.24) is 15.3 Å². The molecule has 1 aromatic heterocycles. The second kappa shape index (κ2) is 7.78. The summed E-state index contributed by atoms with van der Waals surface area (Å²) in [5.74, 6) is 0.495. The SMILES string of the molecule is O=C(NCc1cc(=O)[nH]c(=O)[nH]1)Nc1ccc(OCCF)cc1. The van der Waals surface area contributed by atoms with Crippen LogP contribution in [0.15, 0.2) is 39.9 Å². The van der Waals surface area contributed by atoms with Gasteiger partial charge in [-0.05, 0) is 24.3 Å². The van der Waals surface area contributed by atoms with E-state index in [0.717, 1.165) is 0 Å². The number of carbonyl (C=O) groups is 1. The highest BCUT2D eigenvalue weighted by Gasteiger charge is 2.03. The van der Waals surface area contributed by atoms with Crippen molar-refractivity contribution in [2.24, 2.45) is 0 Å². The fourth-order valence-corrected chi connectivity index (χ4v) is 1.76. The number of nitrogens with one attached hydrogen (secondary N) is 4. The quantitative estimate of drug-likeness (QED) is 0.627. The molecule has 23 heavy (non-hydrogen) atoms. The number of aromatic amines is 2. The Labute approximate surface area is 129 Å². The van der Waals surface area contributed by atoms with Crippen LogP contribution in [-0.2, 0) is 6.54 Å². The number of ether oxygens (including phenoxy) is 1. The number of hydrogen-bond donors (Lipinski definition) is 4. The molecule has 0 saturated heterocycles. The van der Waals surface area contributed by atoms with Gasteiger partial charge in [-0.25, -0.2) is 14.0 Å².